The number of pyridine rings is 1. The molecule has 0 radical (unpaired) electrons. The first-order valence-electron chi connectivity index (χ1n) is 10.7. The highest BCUT2D eigenvalue weighted by molar-refractivity contribution is 5.76. The van der Waals surface area contributed by atoms with Gasteiger partial charge < -0.3 is 14.8 Å². The number of piperidine rings is 1. The van der Waals surface area contributed by atoms with Crippen molar-refractivity contribution in [3.8, 4) is 5.75 Å². The number of methoxy groups -OCH3 is 2. The molecule has 30 heavy (non-hydrogen) atoms. The zero-order chi connectivity index (χ0) is 21.3. The van der Waals surface area contributed by atoms with E-state index in [1.165, 1.54) is 5.56 Å². The van der Waals surface area contributed by atoms with Crippen molar-refractivity contribution in [3.63, 3.8) is 0 Å². The van der Waals surface area contributed by atoms with Crippen LogP contribution in [-0.2, 0) is 16.1 Å². The number of hydrogen-bond donors (Lipinski definition) is 1. The number of benzene rings is 1. The van der Waals surface area contributed by atoms with Crippen molar-refractivity contribution in [3.05, 3.63) is 59.4 Å². The fourth-order valence-electron chi connectivity index (χ4n) is 4.31. The van der Waals surface area contributed by atoms with Crippen molar-refractivity contribution in [1.82, 2.24) is 15.2 Å². The molecule has 2 aromatic rings. The number of aryl methyl sites for hydroxylation is 1. The Morgan fingerprint density at radius 1 is 1.27 bits per heavy atom. The van der Waals surface area contributed by atoms with Gasteiger partial charge in [-0.05, 0) is 49.9 Å². The SMILES string of the molecule is COCCC(=O)N[C@H](c1ccccn1)[C@H]1CCCN(Cc2cccc(C)c2OC)C1. The van der Waals surface area contributed by atoms with Crippen LogP contribution in [0.3, 0.4) is 0 Å². The maximum absolute atomic E-state index is 12.5. The topological polar surface area (TPSA) is 63.7 Å². The number of rotatable bonds is 9. The first-order chi connectivity index (χ1) is 14.6. The third kappa shape index (κ3) is 5.80. The molecule has 0 spiro atoms. The van der Waals surface area contributed by atoms with Crippen molar-refractivity contribution in [2.75, 3.05) is 33.9 Å². The number of likely N-dealkylation sites (tertiary alicyclic amines) is 1. The minimum atomic E-state index is -0.0993. The molecule has 1 amide bonds. The van der Waals surface area contributed by atoms with Gasteiger partial charge in [0.25, 0.3) is 0 Å². The van der Waals surface area contributed by atoms with Crippen LogP contribution in [0.15, 0.2) is 42.6 Å². The van der Waals surface area contributed by atoms with Crippen LogP contribution in [0, 0.1) is 12.8 Å². The number of hydrogen-bond acceptors (Lipinski definition) is 5. The van der Waals surface area contributed by atoms with E-state index in [0.29, 0.717) is 18.9 Å². The summed E-state index contributed by atoms with van der Waals surface area (Å²) >= 11 is 0. The van der Waals surface area contributed by atoms with E-state index in [2.05, 4.69) is 40.3 Å². The molecule has 0 unspecified atom stereocenters. The predicted molar refractivity (Wildman–Crippen MR) is 117 cm³/mol. The number of nitrogens with one attached hydrogen (secondary N) is 1. The van der Waals surface area contributed by atoms with Crippen molar-refractivity contribution < 1.29 is 14.3 Å². The Balaban J connectivity index is 1.74. The first kappa shape index (κ1) is 22.2. The number of nitrogens with zero attached hydrogens (tertiary/aromatic N) is 2. The summed E-state index contributed by atoms with van der Waals surface area (Å²) < 4.78 is 10.7. The van der Waals surface area contributed by atoms with Crippen LogP contribution in [0.1, 0.15) is 42.1 Å². The van der Waals surface area contributed by atoms with E-state index in [0.717, 1.165) is 49.5 Å². The van der Waals surface area contributed by atoms with Crippen LogP contribution < -0.4 is 10.1 Å². The summed E-state index contributed by atoms with van der Waals surface area (Å²) in [5.74, 6) is 1.27. The largest absolute Gasteiger partial charge is 0.496 e. The van der Waals surface area contributed by atoms with Gasteiger partial charge in [0.1, 0.15) is 5.75 Å². The second-order valence-corrected chi connectivity index (χ2v) is 7.95. The summed E-state index contributed by atoms with van der Waals surface area (Å²) in [6.07, 6.45) is 4.31. The fraction of sp³-hybridized carbons (Fsp3) is 0.500. The average Bonchev–Trinajstić information content (AvgIpc) is 2.77. The molecule has 1 aromatic carbocycles. The molecule has 1 aromatic heterocycles. The van der Waals surface area contributed by atoms with E-state index in [9.17, 15) is 4.79 Å². The lowest BCUT2D eigenvalue weighted by Gasteiger charge is -2.37. The molecule has 162 valence electrons. The quantitative estimate of drug-likeness (QED) is 0.684. The average molecular weight is 412 g/mol. The van der Waals surface area contributed by atoms with Crippen LogP contribution >= 0.6 is 0 Å². The summed E-state index contributed by atoms with van der Waals surface area (Å²) in [6, 6.07) is 12.1. The van der Waals surface area contributed by atoms with Gasteiger partial charge in [-0.15, -0.1) is 0 Å². The van der Waals surface area contributed by atoms with E-state index < -0.39 is 0 Å². The lowest BCUT2D eigenvalue weighted by atomic mass is 9.88. The minimum absolute atomic E-state index is 0.00461. The van der Waals surface area contributed by atoms with Crippen LogP contribution in [0.2, 0.25) is 0 Å². The summed E-state index contributed by atoms with van der Waals surface area (Å²) in [5.41, 5.74) is 3.28. The van der Waals surface area contributed by atoms with E-state index in [-0.39, 0.29) is 11.9 Å². The van der Waals surface area contributed by atoms with Crippen LogP contribution in [0.5, 0.6) is 5.75 Å². The van der Waals surface area contributed by atoms with Crippen molar-refractivity contribution in [2.24, 2.45) is 5.92 Å². The third-order valence-electron chi connectivity index (χ3n) is 5.76. The maximum Gasteiger partial charge on any atom is 0.222 e. The normalized spacial score (nSPS) is 18.0. The Kier molecular flexibility index (Phi) is 8.22. The molecular formula is C24H33N3O3. The minimum Gasteiger partial charge on any atom is -0.496 e. The van der Waals surface area contributed by atoms with E-state index in [1.54, 1.807) is 20.4 Å². The number of carbonyl (C=O) groups is 1. The van der Waals surface area contributed by atoms with Crippen LogP contribution in [-0.4, -0.2) is 49.7 Å². The van der Waals surface area contributed by atoms with Crippen molar-refractivity contribution >= 4 is 5.91 Å². The Labute approximate surface area is 179 Å². The highest BCUT2D eigenvalue weighted by Crippen LogP contribution is 2.31. The second kappa shape index (κ2) is 11.1. The third-order valence-corrected chi connectivity index (χ3v) is 5.76. The molecule has 1 aliphatic heterocycles. The van der Waals surface area contributed by atoms with Gasteiger partial charge in [0.2, 0.25) is 5.91 Å². The zero-order valence-corrected chi connectivity index (χ0v) is 18.3. The Morgan fingerprint density at radius 3 is 2.87 bits per heavy atom. The fourth-order valence-corrected chi connectivity index (χ4v) is 4.31. The molecule has 6 nitrogen and oxygen atoms in total. The Bertz CT molecular complexity index is 813. The van der Waals surface area contributed by atoms with Gasteiger partial charge in [0.15, 0.2) is 0 Å². The van der Waals surface area contributed by atoms with Gasteiger partial charge in [0.05, 0.1) is 25.5 Å². The summed E-state index contributed by atoms with van der Waals surface area (Å²) in [7, 11) is 3.35. The molecule has 0 aliphatic carbocycles. The lowest BCUT2D eigenvalue weighted by molar-refractivity contribution is -0.123. The second-order valence-electron chi connectivity index (χ2n) is 7.95. The molecule has 2 atom stereocenters. The molecular weight excluding hydrogens is 378 g/mol. The number of aromatic nitrogens is 1. The number of carbonyl (C=O) groups excluding carboxylic acids is 1. The highest BCUT2D eigenvalue weighted by Gasteiger charge is 2.30. The number of para-hydroxylation sites is 1. The monoisotopic (exact) mass is 411 g/mol. The van der Waals surface area contributed by atoms with Crippen LogP contribution in [0.4, 0.5) is 0 Å². The molecule has 0 saturated carbocycles. The van der Waals surface area contributed by atoms with Gasteiger partial charge in [-0.25, -0.2) is 0 Å². The first-order valence-corrected chi connectivity index (χ1v) is 10.7. The Hall–Kier alpha value is -2.44. The van der Waals surface area contributed by atoms with Gasteiger partial charge in [-0.1, -0.05) is 24.3 Å². The van der Waals surface area contributed by atoms with Gasteiger partial charge in [0, 0.05) is 38.4 Å². The molecule has 1 saturated heterocycles. The number of amides is 1. The van der Waals surface area contributed by atoms with Gasteiger partial charge in [-0.3, -0.25) is 14.7 Å². The zero-order valence-electron chi connectivity index (χ0n) is 18.3. The maximum atomic E-state index is 12.5. The lowest BCUT2D eigenvalue weighted by Crippen LogP contribution is -2.43. The van der Waals surface area contributed by atoms with Gasteiger partial charge in [-0.2, -0.15) is 0 Å². The van der Waals surface area contributed by atoms with Crippen molar-refractivity contribution in [1.29, 1.82) is 0 Å². The molecule has 3 rings (SSSR count). The molecule has 2 heterocycles. The molecule has 0 bridgehead atoms. The molecule has 1 fully saturated rings. The van der Waals surface area contributed by atoms with E-state index in [1.807, 2.05) is 18.2 Å². The van der Waals surface area contributed by atoms with Gasteiger partial charge >= 0.3 is 0 Å². The summed E-state index contributed by atoms with van der Waals surface area (Å²) in [4.78, 5) is 19.5. The highest BCUT2D eigenvalue weighted by atomic mass is 16.5. The van der Waals surface area contributed by atoms with E-state index in [4.69, 9.17) is 9.47 Å². The smallest absolute Gasteiger partial charge is 0.222 e. The molecule has 1 N–H and O–H groups in total. The van der Waals surface area contributed by atoms with E-state index >= 15 is 0 Å². The molecule has 1 aliphatic rings. The standard InChI is InChI=1S/C24H33N3O3/c1-18-8-6-9-20(24(18)30-3)17-27-14-7-10-19(16-27)23(21-11-4-5-13-25-21)26-22(28)12-15-29-2/h4-6,8-9,11,13,19,23H,7,10,12,14-17H2,1-3H3,(H,26,28)/t19-,23-/m0/s1. The predicted octanol–water partition coefficient (Wildman–Crippen LogP) is 3.50. The van der Waals surface area contributed by atoms with Crippen LogP contribution in [0.25, 0.3) is 0 Å². The Morgan fingerprint density at radius 2 is 2.13 bits per heavy atom. The van der Waals surface area contributed by atoms with Crippen molar-refractivity contribution in [2.45, 2.75) is 38.8 Å². The molecule has 6 heteroatoms. The summed E-state index contributed by atoms with van der Waals surface area (Å²) in [6.45, 7) is 5.29. The summed E-state index contributed by atoms with van der Waals surface area (Å²) in [5, 5.41) is 3.22. The number of ether oxygens (including phenoxy) is 2.